The van der Waals surface area contributed by atoms with Crippen molar-refractivity contribution in [3.05, 3.63) is 0 Å². The van der Waals surface area contributed by atoms with Gasteiger partial charge in [0.2, 0.25) is 9.76 Å². The highest BCUT2D eigenvalue weighted by molar-refractivity contribution is 6.73. The summed E-state index contributed by atoms with van der Waals surface area (Å²) >= 11 is 5.51. The van der Waals surface area contributed by atoms with Crippen LogP contribution in [0.15, 0.2) is 0 Å². The van der Waals surface area contributed by atoms with Gasteiger partial charge in [0, 0.05) is 5.88 Å². The predicted molar refractivity (Wildman–Crippen MR) is 50.3 cm³/mol. The first kappa shape index (κ1) is 10.7. The van der Waals surface area contributed by atoms with E-state index in [1.54, 1.807) is 0 Å². The van der Waals surface area contributed by atoms with Gasteiger partial charge in [-0.25, -0.2) is 0 Å². The van der Waals surface area contributed by atoms with E-state index in [1.807, 2.05) is 0 Å². The molecule has 0 heterocycles. The Hall–Kier alpha value is 0.684. The van der Waals surface area contributed by atoms with Crippen molar-refractivity contribution in [2.45, 2.75) is 32.1 Å². The minimum absolute atomic E-state index is 0.668. The average Bonchev–Trinajstić information content (AvgIpc) is 1.78. The summed E-state index contributed by atoms with van der Waals surface area (Å²) in [6.45, 7) is 6.63. The highest BCUT2D eigenvalue weighted by Gasteiger charge is 2.12. The molecule has 0 saturated carbocycles. The molecule has 0 aliphatic heterocycles. The molecule has 0 spiro atoms. The lowest BCUT2D eigenvalue weighted by atomic mass is 10.6. The van der Waals surface area contributed by atoms with Crippen molar-refractivity contribution in [3.63, 3.8) is 0 Å². The highest BCUT2D eigenvalue weighted by atomic mass is 35.5. The van der Waals surface area contributed by atoms with Gasteiger partial charge < -0.3 is 4.12 Å². The summed E-state index contributed by atoms with van der Waals surface area (Å²) in [5.74, 6) is 0.766. The van der Waals surface area contributed by atoms with Crippen LogP contribution in [0.4, 0.5) is 0 Å². The van der Waals surface area contributed by atoms with Gasteiger partial charge in [0.25, 0.3) is 0 Å². The van der Waals surface area contributed by atoms with Crippen molar-refractivity contribution >= 4 is 29.7 Å². The molecule has 2 radical (unpaired) electrons. The molecule has 0 aromatic rings. The minimum Gasteiger partial charge on any atom is -0.456 e. The molecule has 0 amide bonds. The zero-order valence-corrected chi connectivity index (χ0v) is 9.66. The van der Waals surface area contributed by atoms with Crippen LogP contribution < -0.4 is 0 Å². The van der Waals surface area contributed by atoms with Crippen molar-refractivity contribution < 1.29 is 4.12 Å². The van der Waals surface area contributed by atoms with Gasteiger partial charge in [-0.15, -0.1) is 11.6 Å². The SMILES string of the molecule is C[Si](C)(C)O[Si]CCCCl. The number of rotatable bonds is 5. The zero-order valence-electron chi connectivity index (χ0n) is 6.91. The van der Waals surface area contributed by atoms with Gasteiger partial charge in [-0.3, -0.25) is 0 Å². The Balaban J connectivity index is 3.04. The van der Waals surface area contributed by atoms with Crippen LogP contribution in [0.2, 0.25) is 25.7 Å². The molecular formula is C6H15ClOSi2. The van der Waals surface area contributed by atoms with E-state index in [2.05, 4.69) is 19.6 Å². The fourth-order valence-electron chi connectivity index (χ4n) is 0.407. The lowest BCUT2D eigenvalue weighted by Gasteiger charge is -2.15. The van der Waals surface area contributed by atoms with E-state index in [9.17, 15) is 0 Å². The van der Waals surface area contributed by atoms with Gasteiger partial charge in [0.15, 0.2) is 8.32 Å². The Bertz CT molecular complexity index is 82.3. The maximum absolute atomic E-state index is 5.64. The lowest BCUT2D eigenvalue weighted by molar-refractivity contribution is 0.593. The third-order valence-corrected chi connectivity index (χ3v) is 4.64. The van der Waals surface area contributed by atoms with Crippen LogP contribution in [0.1, 0.15) is 6.42 Å². The van der Waals surface area contributed by atoms with Crippen LogP contribution in [0.25, 0.3) is 0 Å². The third kappa shape index (κ3) is 8.68. The lowest BCUT2D eigenvalue weighted by Crippen LogP contribution is -2.27. The Kier molecular flexibility index (Phi) is 5.72. The van der Waals surface area contributed by atoms with Crippen LogP contribution in [0.5, 0.6) is 0 Å². The molecule has 0 fully saturated rings. The van der Waals surface area contributed by atoms with E-state index >= 15 is 0 Å². The molecule has 1 nitrogen and oxygen atoms in total. The smallest absolute Gasteiger partial charge is 0.215 e. The molecule has 0 aliphatic carbocycles. The number of alkyl halides is 1. The predicted octanol–water partition coefficient (Wildman–Crippen LogP) is 2.50. The third-order valence-electron chi connectivity index (χ3n) is 0.791. The molecular weight excluding hydrogens is 180 g/mol. The van der Waals surface area contributed by atoms with Gasteiger partial charge in [-0.1, -0.05) is 0 Å². The summed E-state index contributed by atoms with van der Waals surface area (Å²) in [5.41, 5.74) is 0. The summed E-state index contributed by atoms with van der Waals surface area (Å²) in [6, 6.07) is 1.13. The molecule has 0 N–H and O–H groups in total. The van der Waals surface area contributed by atoms with Crippen LogP contribution in [0.3, 0.4) is 0 Å². The maximum atomic E-state index is 5.64. The molecule has 10 heavy (non-hydrogen) atoms. The fourth-order valence-corrected chi connectivity index (χ4v) is 3.23. The second kappa shape index (κ2) is 5.35. The van der Waals surface area contributed by atoms with Gasteiger partial charge in [0.05, 0.1) is 0 Å². The van der Waals surface area contributed by atoms with Crippen molar-refractivity contribution in [2.75, 3.05) is 5.88 Å². The topological polar surface area (TPSA) is 9.23 Å². The van der Waals surface area contributed by atoms with Gasteiger partial charge in [-0.2, -0.15) is 0 Å². The number of hydrogen-bond acceptors (Lipinski definition) is 1. The second-order valence-corrected chi connectivity index (χ2v) is 9.36. The summed E-state index contributed by atoms with van der Waals surface area (Å²) in [7, 11) is -0.570. The highest BCUT2D eigenvalue weighted by Crippen LogP contribution is 2.03. The van der Waals surface area contributed by atoms with Gasteiger partial charge in [-0.05, 0) is 32.1 Å². The number of halogens is 1. The molecule has 0 rings (SSSR count). The maximum Gasteiger partial charge on any atom is 0.215 e. The molecule has 0 saturated heterocycles. The van der Waals surface area contributed by atoms with Crippen LogP contribution in [-0.2, 0) is 4.12 Å². The standard InChI is InChI=1S/C6H15ClOSi2/c1-10(2,3)8-9-6-4-5-7/h4-6H2,1-3H3. The fraction of sp³-hybridized carbons (Fsp3) is 1.00. The summed E-state index contributed by atoms with van der Waals surface area (Å²) in [5, 5.41) is 0. The van der Waals surface area contributed by atoms with E-state index in [0.717, 1.165) is 18.3 Å². The van der Waals surface area contributed by atoms with Gasteiger partial charge in [0.1, 0.15) is 0 Å². The van der Waals surface area contributed by atoms with Crippen molar-refractivity contribution in [2.24, 2.45) is 0 Å². The van der Waals surface area contributed by atoms with E-state index < -0.39 is 8.32 Å². The largest absolute Gasteiger partial charge is 0.456 e. The van der Waals surface area contributed by atoms with E-state index in [1.165, 1.54) is 0 Å². The van der Waals surface area contributed by atoms with E-state index in [4.69, 9.17) is 15.7 Å². The number of hydrogen-bond donors (Lipinski definition) is 0. The molecule has 4 heteroatoms. The van der Waals surface area contributed by atoms with Gasteiger partial charge >= 0.3 is 0 Å². The summed E-state index contributed by atoms with van der Waals surface area (Å²) < 4.78 is 5.64. The average molecular weight is 195 g/mol. The minimum atomic E-state index is -1.24. The van der Waals surface area contributed by atoms with Crippen LogP contribution in [0, 0.1) is 0 Å². The van der Waals surface area contributed by atoms with Crippen molar-refractivity contribution in [3.8, 4) is 0 Å². The first-order chi connectivity index (χ1) is 4.56. The Morgan fingerprint density at radius 2 is 2.00 bits per heavy atom. The summed E-state index contributed by atoms with van der Waals surface area (Å²) in [4.78, 5) is 0. The monoisotopic (exact) mass is 194 g/mol. The quantitative estimate of drug-likeness (QED) is 0.371. The van der Waals surface area contributed by atoms with Crippen molar-refractivity contribution in [1.82, 2.24) is 0 Å². The van der Waals surface area contributed by atoms with E-state index in [0.29, 0.717) is 9.76 Å². The van der Waals surface area contributed by atoms with Crippen LogP contribution >= 0.6 is 11.6 Å². The normalized spacial score (nSPS) is 12.0. The molecule has 0 aromatic carbocycles. The Morgan fingerprint density at radius 1 is 1.40 bits per heavy atom. The second-order valence-electron chi connectivity index (χ2n) is 3.15. The molecule has 0 unspecified atom stereocenters. The Labute approximate surface area is 72.2 Å². The first-order valence-corrected chi connectivity index (χ1v) is 8.59. The van der Waals surface area contributed by atoms with Crippen LogP contribution in [-0.4, -0.2) is 24.0 Å². The first-order valence-electron chi connectivity index (χ1n) is 3.53. The zero-order chi connectivity index (χ0) is 8.04. The van der Waals surface area contributed by atoms with Crippen molar-refractivity contribution in [1.29, 1.82) is 0 Å². The molecule has 0 aromatic heterocycles. The molecule has 0 bridgehead atoms. The molecule has 0 atom stereocenters. The molecule has 60 valence electrons. The van der Waals surface area contributed by atoms with E-state index in [-0.39, 0.29) is 0 Å². The summed E-state index contributed by atoms with van der Waals surface area (Å²) in [6.07, 6.45) is 1.09. The Morgan fingerprint density at radius 3 is 2.40 bits per heavy atom. The molecule has 0 aliphatic rings.